The van der Waals surface area contributed by atoms with Crippen molar-refractivity contribution < 1.29 is 9.32 Å². The first-order valence-corrected chi connectivity index (χ1v) is 8.69. The number of carbonyl (C=O) groups is 1. The summed E-state index contributed by atoms with van der Waals surface area (Å²) in [7, 11) is 0. The number of benzene rings is 2. The van der Waals surface area contributed by atoms with Crippen molar-refractivity contribution in [2.75, 3.05) is 0 Å². The van der Waals surface area contributed by atoms with Crippen molar-refractivity contribution in [2.45, 2.75) is 26.3 Å². The lowest BCUT2D eigenvalue weighted by Crippen LogP contribution is -2.07. The molecule has 1 aliphatic heterocycles. The number of aryl methyl sites for hydroxylation is 1. The van der Waals surface area contributed by atoms with Gasteiger partial charge in [-0.1, -0.05) is 53.7 Å². The minimum Gasteiger partial charge on any atom is -0.358 e. The number of Topliss-reactive ketones (excluding diaryl/α,β-unsaturated/α-hetero) is 1. The molecule has 27 heavy (non-hydrogen) atoms. The number of hydrogen-bond acceptors (Lipinski definition) is 4. The number of aromatic nitrogens is 1. The first kappa shape index (κ1) is 16.9. The van der Waals surface area contributed by atoms with E-state index in [1.54, 1.807) is 19.1 Å². The number of ketones is 1. The highest BCUT2D eigenvalue weighted by Gasteiger charge is 2.30. The molecule has 0 saturated carbocycles. The minimum absolute atomic E-state index is 0.0393. The molecule has 0 saturated heterocycles. The molecule has 0 aliphatic carbocycles. The zero-order valence-electron chi connectivity index (χ0n) is 15.1. The van der Waals surface area contributed by atoms with Crippen molar-refractivity contribution in [3.63, 3.8) is 0 Å². The number of fused-ring (bicyclic) bond motifs is 3. The molecule has 5 nitrogen and oxygen atoms in total. The fourth-order valence-corrected chi connectivity index (χ4v) is 3.47. The highest BCUT2D eigenvalue weighted by Crippen LogP contribution is 2.40. The third kappa shape index (κ3) is 2.96. The van der Waals surface area contributed by atoms with Gasteiger partial charge in [-0.05, 0) is 25.0 Å². The summed E-state index contributed by atoms with van der Waals surface area (Å²) in [4.78, 5) is 20.2. The van der Waals surface area contributed by atoms with E-state index in [4.69, 9.17) is 16.1 Å². The summed E-state index contributed by atoms with van der Waals surface area (Å²) in [6.45, 7) is 10.6. The molecule has 0 bridgehead atoms. The fraction of sp³-hybridized carbons (Fsp3) is 0.182. The van der Waals surface area contributed by atoms with Crippen LogP contribution in [0.25, 0.3) is 16.0 Å². The van der Waals surface area contributed by atoms with E-state index in [-0.39, 0.29) is 12.2 Å². The Kier molecular flexibility index (Phi) is 4.17. The Morgan fingerprint density at radius 3 is 2.52 bits per heavy atom. The topological polar surface area (TPSA) is 59.8 Å². The third-order valence-electron chi connectivity index (χ3n) is 4.68. The Morgan fingerprint density at radius 2 is 1.85 bits per heavy atom. The maximum Gasteiger partial charge on any atom is 0.187 e. The summed E-state index contributed by atoms with van der Waals surface area (Å²) in [6.07, 6.45) is 0.249. The van der Waals surface area contributed by atoms with Gasteiger partial charge in [0.25, 0.3) is 0 Å². The Bertz CT molecular complexity index is 1100. The van der Waals surface area contributed by atoms with Crippen molar-refractivity contribution in [3.05, 3.63) is 82.5 Å². The van der Waals surface area contributed by atoms with E-state index in [1.165, 1.54) is 0 Å². The predicted molar refractivity (Wildman–Crippen MR) is 103 cm³/mol. The lowest BCUT2D eigenvalue weighted by Gasteiger charge is -2.11. The molecule has 5 heteroatoms. The number of carbonyl (C=O) groups excluding carboxylic acids is 1. The summed E-state index contributed by atoms with van der Waals surface area (Å²) in [5, 5.41) is 4.13. The van der Waals surface area contributed by atoms with Crippen molar-refractivity contribution in [1.82, 2.24) is 5.16 Å². The smallest absolute Gasteiger partial charge is 0.187 e. The molecule has 1 atom stereocenters. The van der Waals surface area contributed by atoms with Crippen LogP contribution in [0.3, 0.4) is 0 Å². The molecule has 4 rings (SSSR count). The van der Waals surface area contributed by atoms with Gasteiger partial charge in [0.15, 0.2) is 11.4 Å². The van der Waals surface area contributed by atoms with E-state index in [0.717, 1.165) is 33.7 Å². The normalized spacial score (nSPS) is 15.1. The lowest BCUT2D eigenvalue weighted by molar-refractivity contribution is -0.117. The summed E-state index contributed by atoms with van der Waals surface area (Å²) in [5.41, 5.74) is 5.92. The highest BCUT2D eigenvalue weighted by atomic mass is 16.5. The summed E-state index contributed by atoms with van der Waals surface area (Å²) >= 11 is 0. The van der Waals surface area contributed by atoms with Gasteiger partial charge in [-0.3, -0.25) is 9.79 Å². The van der Waals surface area contributed by atoms with Gasteiger partial charge in [-0.25, -0.2) is 4.85 Å². The average molecular weight is 355 g/mol. The van der Waals surface area contributed by atoms with E-state index < -0.39 is 6.04 Å². The van der Waals surface area contributed by atoms with Crippen LogP contribution in [-0.4, -0.2) is 16.7 Å². The molecule has 1 aliphatic rings. The fourth-order valence-electron chi connectivity index (χ4n) is 3.47. The highest BCUT2D eigenvalue weighted by molar-refractivity contribution is 6.17. The number of rotatable bonds is 3. The van der Waals surface area contributed by atoms with Gasteiger partial charge in [-0.2, -0.15) is 0 Å². The first-order chi connectivity index (χ1) is 13.1. The van der Waals surface area contributed by atoms with Crippen molar-refractivity contribution in [3.8, 4) is 11.1 Å². The van der Waals surface area contributed by atoms with Crippen LogP contribution in [0.4, 0.5) is 5.69 Å². The molecule has 0 spiro atoms. The molecule has 2 aromatic carbocycles. The molecule has 0 N–H and O–H groups in total. The molecule has 0 radical (unpaired) electrons. The predicted octanol–water partition coefficient (Wildman–Crippen LogP) is 5.07. The molecule has 132 valence electrons. The van der Waals surface area contributed by atoms with Crippen molar-refractivity contribution >= 4 is 17.2 Å². The van der Waals surface area contributed by atoms with Crippen LogP contribution in [0.1, 0.15) is 42.0 Å². The first-order valence-electron chi connectivity index (χ1n) is 8.69. The third-order valence-corrected chi connectivity index (χ3v) is 4.68. The van der Waals surface area contributed by atoms with Gasteiger partial charge in [0.05, 0.1) is 23.5 Å². The summed E-state index contributed by atoms with van der Waals surface area (Å²) in [6, 6.07) is 14.9. The summed E-state index contributed by atoms with van der Waals surface area (Å²) in [5.74, 6) is 0.667. The number of aliphatic imine (C=N–C) groups is 1. The van der Waals surface area contributed by atoms with Crippen LogP contribution in [0.5, 0.6) is 0 Å². The Morgan fingerprint density at radius 1 is 1.15 bits per heavy atom. The van der Waals surface area contributed by atoms with Crippen LogP contribution in [0.15, 0.2) is 58.0 Å². The van der Waals surface area contributed by atoms with Crippen LogP contribution in [0, 0.1) is 13.5 Å². The van der Waals surface area contributed by atoms with Gasteiger partial charge in [0, 0.05) is 12.0 Å². The zero-order valence-corrected chi connectivity index (χ0v) is 15.1. The molecule has 0 unspecified atom stereocenters. The second-order valence-corrected chi connectivity index (χ2v) is 6.61. The SMILES string of the molecule is [C-]#[N+]c1ccc(C2=N[C@@H](CC(C)=O)c3onc(C)c3-c3ccccc32)cc1. The Hall–Kier alpha value is -3.52. The summed E-state index contributed by atoms with van der Waals surface area (Å²) < 4.78 is 5.61. The maximum absolute atomic E-state index is 11.9. The molecule has 3 aromatic rings. The average Bonchev–Trinajstić information content (AvgIpc) is 3.00. The van der Waals surface area contributed by atoms with Gasteiger partial charge in [0.2, 0.25) is 0 Å². The van der Waals surface area contributed by atoms with E-state index in [2.05, 4.69) is 10.0 Å². The van der Waals surface area contributed by atoms with Crippen LogP contribution in [0.2, 0.25) is 0 Å². The second kappa shape index (κ2) is 6.65. The molecular weight excluding hydrogens is 338 g/mol. The molecule has 1 aromatic heterocycles. The number of hydrogen-bond donors (Lipinski definition) is 0. The quantitative estimate of drug-likeness (QED) is 0.616. The van der Waals surface area contributed by atoms with Crippen molar-refractivity contribution in [1.29, 1.82) is 0 Å². The lowest BCUT2D eigenvalue weighted by atomic mass is 9.93. The molecule has 2 heterocycles. The van der Waals surface area contributed by atoms with Gasteiger partial charge < -0.3 is 4.52 Å². The zero-order chi connectivity index (χ0) is 19.0. The minimum atomic E-state index is -0.429. The molecular formula is C22H17N3O2. The van der Waals surface area contributed by atoms with Gasteiger partial charge >= 0.3 is 0 Å². The Balaban J connectivity index is 1.98. The van der Waals surface area contributed by atoms with Crippen LogP contribution >= 0.6 is 0 Å². The molecule has 0 fully saturated rings. The number of nitrogens with zero attached hydrogens (tertiary/aromatic N) is 3. The van der Waals surface area contributed by atoms with E-state index in [1.807, 2.05) is 43.3 Å². The monoisotopic (exact) mass is 355 g/mol. The van der Waals surface area contributed by atoms with Crippen LogP contribution < -0.4 is 0 Å². The van der Waals surface area contributed by atoms with E-state index in [0.29, 0.717) is 11.4 Å². The largest absolute Gasteiger partial charge is 0.358 e. The standard InChI is InChI=1S/C22H17N3O2/c1-13(26)12-19-22-20(14(2)25-27-22)17-6-4-5-7-18(17)21(24-19)15-8-10-16(23-3)11-9-15/h4-11,19H,12H2,1-2H3/t19-/m0/s1. The van der Waals surface area contributed by atoms with Gasteiger partial charge in [0.1, 0.15) is 11.8 Å². The Labute approximate surface area is 157 Å². The second-order valence-electron chi connectivity index (χ2n) is 6.61. The van der Waals surface area contributed by atoms with Gasteiger partial charge in [-0.15, -0.1) is 0 Å². The maximum atomic E-state index is 11.9. The van der Waals surface area contributed by atoms with E-state index in [9.17, 15) is 4.79 Å². The molecule has 0 amide bonds. The van der Waals surface area contributed by atoms with E-state index >= 15 is 0 Å². The van der Waals surface area contributed by atoms with Crippen LogP contribution in [-0.2, 0) is 4.79 Å². The van der Waals surface area contributed by atoms with Crippen molar-refractivity contribution in [2.24, 2.45) is 4.99 Å².